The van der Waals surface area contributed by atoms with Crippen molar-refractivity contribution < 1.29 is 4.79 Å². The van der Waals surface area contributed by atoms with E-state index in [9.17, 15) is 9.59 Å². The van der Waals surface area contributed by atoms with Crippen LogP contribution < -0.4 is 11.3 Å². The SMILES string of the molecule is Nc1nc(C2CN(C(=O)Cc3ccccc3)C2)cc(=O)[nH]1. The Hall–Kier alpha value is -2.63. The van der Waals surface area contributed by atoms with E-state index >= 15 is 0 Å². The fourth-order valence-corrected chi connectivity index (χ4v) is 2.46. The van der Waals surface area contributed by atoms with Crippen LogP contribution in [0.5, 0.6) is 0 Å². The molecule has 0 atom stereocenters. The molecule has 3 N–H and O–H groups in total. The molecule has 0 unspecified atom stereocenters. The Balaban J connectivity index is 1.60. The molecular formula is C15H16N4O2. The van der Waals surface area contributed by atoms with Crippen LogP contribution in [0.2, 0.25) is 0 Å². The number of aromatic amines is 1. The Morgan fingerprint density at radius 3 is 2.71 bits per heavy atom. The van der Waals surface area contributed by atoms with Crippen LogP contribution in [-0.2, 0) is 11.2 Å². The largest absolute Gasteiger partial charge is 0.369 e. The van der Waals surface area contributed by atoms with Gasteiger partial charge in [-0.2, -0.15) is 0 Å². The Bertz CT molecular complexity index is 705. The summed E-state index contributed by atoms with van der Waals surface area (Å²) in [6.07, 6.45) is 0.401. The number of anilines is 1. The molecule has 1 amide bonds. The van der Waals surface area contributed by atoms with E-state index in [2.05, 4.69) is 9.97 Å². The molecule has 1 aliphatic rings. The molecule has 1 fully saturated rings. The minimum atomic E-state index is -0.258. The van der Waals surface area contributed by atoms with E-state index in [-0.39, 0.29) is 23.3 Å². The smallest absolute Gasteiger partial charge is 0.252 e. The Morgan fingerprint density at radius 1 is 1.33 bits per heavy atom. The number of hydrogen-bond donors (Lipinski definition) is 2. The first-order valence-electron chi connectivity index (χ1n) is 6.80. The van der Waals surface area contributed by atoms with Gasteiger partial charge < -0.3 is 10.6 Å². The maximum absolute atomic E-state index is 12.1. The van der Waals surface area contributed by atoms with E-state index in [0.717, 1.165) is 5.56 Å². The quantitative estimate of drug-likeness (QED) is 0.859. The molecule has 2 aromatic rings. The number of rotatable bonds is 3. The van der Waals surface area contributed by atoms with Crippen LogP contribution in [0.3, 0.4) is 0 Å². The molecule has 1 aromatic heterocycles. The second-order valence-electron chi connectivity index (χ2n) is 5.21. The Labute approximate surface area is 121 Å². The third-order valence-corrected chi connectivity index (χ3v) is 3.63. The van der Waals surface area contributed by atoms with Crippen molar-refractivity contribution in [2.45, 2.75) is 12.3 Å². The minimum absolute atomic E-state index is 0.0920. The maximum atomic E-state index is 12.1. The summed E-state index contributed by atoms with van der Waals surface area (Å²) in [5, 5.41) is 0. The summed E-state index contributed by atoms with van der Waals surface area (Å²) < 4.78 is 0. The summed E-state index contributed by atoms with van der Waals surface area (Å²) >= 11 is 0. The van der Waals surface area contributed by atoms with E-state index in [4.69, 9.17) is 5.73 Å². The van der Waals surface area contributed by atoms with Crippen molar-refractivity contribution >= 4 is 11.9 Å². The molecule has 1 saturated heterocycles. The molecular weight excluding hydrogens is 268 g/mol. The normalized spacial score (nSPS) is 14.8. The minimum Gasteiger partial charge on any atom is -0.369 e. The third kappa shape index (κ3) is 2.94. The second-order valence-corrected chi connectivity index (χ2v) is 5.21. The van der Waals surface area contributed by atoms with E-state index < -0.39 is 0 Å². The van der Waals surface area contributed by atoms with Crippen LogP contribution in [0.15, 0.2) is 41.2 Å². The molecule has 1 aliphatic heterocycles. The number of carbonyl (C=O) groups excluding carboxylic acids is 1. The number of benzene rings is 1. The standard InChI is InChI=1S/C15H16N4O2/c16-15-17-12(7-13(20)18-15)11-8-19(9-11)14(21)6-10-4-2-1-3-5-10/h1-5,7,11H,6,8-9H2,(H3,16,17,18,20). The number of likely N-dealkylation sites (tertiary alicyclic amines) is 1. The topological polar surface area (TPSA) is 92.1 Å². The van der Waals surface area contributed by atoms with Gasteiger partial charge in [-0.3, -0.25) is 14.6 Å². The predicted molar refractivity (Wildman–Crippen MR) is 78.7 cm³/mol. The molecule has 21 heavy (non-hydrogen) atoms. The number of nitrogens with two attached hydrogens (primary N) is 1. The second kappa shape index (κ2) is 5.40. The van der Waals surface area contributed by atoms with Gasteiger partial charge in [-0.15, -0.1) is 0 Å². The summed E-state index contributed by atoms with van der Waals surface area (Å²) in [7, 11) is 0. The van der Waals surface area contributed by atoms with Crippen LogP contribution in [0.1, 0.15) is 17.2 Å². The lowest BCUT2D eigenvalue weighted by molar-refractivity contribution is -0.134. The summed E-state index contributed by atoms with van der Waals surface area (Å²) in [5.74, 6) is 0.302. The molecule has 0 saturated carbocycles. The van der Waals surface area contributed by atoms with Gasteiger partial charge in [0.1, 0.15) is 0 Å². The Morgan fingerprint density at radius 2 is 2.05 bits per heavy atom. The zero-order chi connectivity index (χ0) is 14.8. The average Bonchev–Trinajstić information content (AvgIpc) is 2.36. The van der Waals surface area contributed by atoms with Crippen molar-refractivity contribution in [1.82, 2.24) is 14.9 Å². The monoisotopic (exact) mass is 284 g/mol. The van der Waals surface area contributed by atoms with Crippen molar-refractivity contribution in [2.24, 2.45) is 0 Å². The van der Waals surface area contributed by atoms with Gasteiger partial charge in [0, 0.05) is 25.1 Å². The van der Waals surface area contributed by atoms with Crippen LogP contribution in [0, 0.1) is 0 Å². The van der Waals surface area contributed by atoms with Crippen molar-refractivity contribution in [2.75, 3.05) is 18.8 Å². The molecule has 1 aromatic carbocycles. The van der Waals surface area contributed by atoms with E-state index in [1.54, 1.807) is 4.90 Å². The number of H-pyrrole nitrogens is 1. The first-order chi connectivity index (χ1) is 10.1. The lowest BCUT2D eigenvalue weighted by Gasteiger charge is -2.39. The number of nitrogen functional groups attached to an aromatic ring is 1. The van der Waals surface area contributed by atoms with Gasteiger partial charge in [0.15, 0.2) is 0 Å². The lowest BCUT2D eigenvalue weighted by atomic mass is 9.95. The third-order valence-electron chi connectivity index (χ3n) is 3.63. The average molecular weight is 284 g/mol. The van der Waals surface area contributed by atoms with Gasteiger partial charge in [-0.25, -0.2) is 4.98 Å². The lowest BCUT2D eigenvalue weighted by Crippen LogP contribution is -2.49. The molecule has 0 bridgehead atoms. The molecule has 2 heterocycles. The highest BCUT2D eigenvalue weighted by molar-refractivity contribution is 5.79. The van der Waals surface area contributed by atoms with Gasteiger partial charge >= 0.3 is 0 Å². The molecule has 6 heteroatoms. The molecule has 6 nitrogen and oxygen atoms in total. The summed E-state index contributed by atoms with van der Waals surface area (Å²) in [6.45, 7) is 1.17. The summed E-state index contributed by atoms with van der Waals surface area (Å²) in [4.78, 5) is 31.8. The van der Waals surface area contributed by atoms with Crippen LogP contribution in [0.4, 0.5) is 5.95 Å². The van der Waals surface area contributed by atoms with Gasteiger partial charge in [0.05, 0.1) is 12.1 Å². The van der Waals surface area contributed by atoms with E-state index in [1.165, 1.54) is 6.07 Å². The van der Waals surface area contributed by atoms with Crippen molar-refractivity contribution in [3.8, 4) is 0 Å². The van der Waals surface area contributed by atoms with E-state index in [1.807, 2.05) is 30.3 Å². The van der Waals surface area contributed by atoms with Crippen molar-refractivity contribution in [1.29, 1.82) is 0 Å². The number of carbonyl (C=O) groups is 1. The van der Waals surface area contributed by atoms with Crippen LogP contribution in [-0.4, -0.2) is 33.9 Å². The van der Waals surface area contributed by atoms with Crippen LogP contribution in [0.25, 0.3) is 0 Å². The van der Waals surface area contributed by atoms with Crippen molar-refractivity contribution in [3.63, 3.8) is 0 Å². The zero-order valence-corrected chi connectivity index (χ0v) is 11.5. The number of nitrogens with zero attached hydrogens (tertiary/aromatic N) is 2. The van der Waals surface area contributed by atoms with Gasteiger partial charge in [0.25, 0.3) is 5.56 Å². The highest BCUT2D eigenvalue weighted by Gasteiger charge is 2.32. The molecule has 3 rings (SSSR count). The van der Waals surface area contributed by atoms with Crippen molar-refractivity contribution in [3.05, 3.63) is 58.0 Å². The first-order valence-corrected chi connectivity index (χ1v) is 6.80. The number of nitrogens with one attached hydrogen (secondary N) is 1. The summed E-state index contributed by atoms with van der Waals surface area (Å²) in [5.41, 5.74) is 6.92. The van der Waals surface area contributed by atoms with Gasteiger partial charge in [-0.1, -0.05) is 30.3 Å². The number of amides is 1. The fraction of sp³-hybridized carbons (Fsp3) is 0.267. The zero-order valence-electron chi connectivity index (χ0n) is 11.5. The number of aromatic nitrogens is 2. The Kier molecular flexibility index (Phi) is 3.43. The molecule has 108 valence electrons. The highest BCUT2D eigenvalue weighted by Crippen LogP contribution is 2.25. The summed E-state index contributed by atoms with van der Waals surface area (Å²) in [6, 6.07) is 11.1. The molecule has 0 radical (unpaired) electrons. The highest BCUT2D eigenvalue weighted by atomic mass is 16.2. The first kappa shape index (κ1) is 13.4. The maximum Gasteiger partial charge on any atom is 0.252 e. The number of hydrogen-bond acceptors (Lipinski definition) is 4. The van der Waals surface area contributed by atoms with Gasteiger partial charge in [0.2, 0.25) is 11.9 Å². The van der Waals surface area contributed by atoms with E-state index in [0.29, 0.717) is 25.2 Å². The fourth-order valence-electron chi connectivity index (χ4n) is 2.46. The predicted octanol–water partition coefficient (Wildman–Crippen LogP) is 0.521. The molecule has 0 aliphatic carbocycles. The van der Waals surface area contributed by atoms with Gasteiger partial charge in [-0.05, 0) is 5.56 Å². The van der Waals surface area contributed by atoms with Crippen LogP contribution >= 0.6 is 0 Å². The molecule has 0 spiro atoms.